The normalized spacial score (nSPS) is 19.8. The Balaban J connectivity index is 2.00. The zero-order chi connectivity index (χ0) is 14.3. The second kappa shape index (κ2) is 4.86. The lowest BCUT2D eigenvalue weighted by atomic mass is 10.0. The average Bonchev–Trinajstić information content (AvgIpc) is 2.98. The van der Waals surface area contributed by atoms with Crippen LogP contribution in [0, 0.1) is 5.92 Å². The highest BCUT2D eigenvalue weighted by Gasteiger charge is 2.19. The third-order valence-electron chi connectivity index (χ3n) is 4.01. The van der Waals surface area contributed by atoms with Gasteiger partial charge in [-0.2, -0.15) is 0 Å². The molecule has 6 heteroatoms. The van der Waals surface area contributed by atoms with Gasteiger partial charge >= 0.3 is 0 Å². The predicted octanol–water partition coefficient (Wildman–Crippen LogP) is 1.13. The average molecular weight is 293 g/mol. The number of imidazole rings is 1. The largest absolute Gasteiger partial charge is 0.331 e. The number of hydrogen-bond acceptors (Lipinski definition) is 4. The van der Waals surface area contributed by atoms with Crippen molar-refractivity contribution in [3.63, 3.8) is 0 Å². The summed E-state index contributed by atoms with van der Waals surface area (Å²) >= 11 is 0. The maximum Gasteiger partial charge on any atom is 0.175 e. The van der Waals surface area contributed by atoms with Gasteiger partial charge in [-0.3, -0.25) is 0 Å². The van der Waals surface area contributed by atoms with Crippen molar-refractivity contribution in [3.05, 3.63) is 24.0 Å². The number of sulfone groups is 1. The molecular formula is C14H19N3O2S. The molecule has 1 aromatic heterocycles. The van der Waals surface area contributed by atoms with Crippen molar-refractivity contribution < 1.29 is 8.42 Å². The van der Waals surface area contributed by atoms with Crippen LogP contribution in [0.5, 0.6) is 0 Å². The number of benzene rings is 1. The van der Waals surface area contributed by atoms with Gasteiger partial charge in [-0.15, -0.1) is 0 Å². The van der Waals surface area contributed by atoms with Gasteiger partial charge < -0.3 is 9.88 Å². The number of aromatic nitrogens is 2. The second-order valence-electron chi connectivity index (χ2n) is 5.57. The van der Waals surface area contributed by atoms with E-state index in [1.54, 1.807) is 12.1 Å². The highest BCUT2D eigenvalue weighted by Crippen LogP contribution is 2.22. The summed E-state index contributed by atoms with van der Waals surface area (Å²) in [5.41, 5.74) is 1.75. The number of aryl methyl sites for hydroxylation is 1. The van der Waals surface area contributed by atoms with Crippen LogP contribution in [-0.4, -0.2) is 37.3 Å². The lowest BCUT2D eigenvalue weighted by Gasteiger charge is -2.07. The van der Waals surface area contributed by atoms with Crippen LogP contribution >= 0.6 is 0 Å². The minimum atomic E-state index is -3.18. The molecule has 5 nitrogen and oxygen atoms in total. The molecule has 1 aliphatic heterocycles. The molecule has 2 heterocycles. The van der Waals surface area contributed by atoms with Crippen LogP contribution in [0.25, 0.3) is 11.0 Å². The van der Waals surface area contributed by atoms with Crippen molar-refractivity contribution in [1.82, 2.24) is 14.9 Å². The van der Waals surface area contributed by atoms with Gasteiger partial charge in [-0.05, 0) is 43.6 Å². The molecule has 1 N–H and O–H groups in total. The summed E-state index contributed by atoms with van der Waals surface area (Å²) in [4.78, 5) is 4.95. The fourth-order valence-electron chi connectivity index (χ4n) is 2.79. The third-order valence-corrected chi connectivity index (χ3v) is 5.12. The van der Waals surface area contributed by atoms with E-state index in [2.05, 4.69) is 14.9 Å². The van der Waals surface area contributed by atoms with Crippen molar-refractivity contribution in [2.24, 2.45) is 13.0 Å². The predicted molar refractivity (Wildman–Crippen MR) is 78.5 cm³/mol. The van der Waals surface area contributed by atoms with Crippen LogP contribution in [0.3, 0.4) is 0 Å². The van der Waals surface area contributed by atoms with Gasteiger partial charge in [0.25, 0.3) is 0 Å². The Labute approximate surface area is 118 Å². The van der Waals surface area contributed by atoms with Crippen molar-refractivity contribution in [1.29, 1.82) is 0 Å². The number of nitrogens with one attached hydrogen (secondary N) is 1. The first-order valence-electron chi connectivity index (χ1n) is 6.81. The van der Waals surface area contributed by atoms with E-state index >= 15 is 0 Å². The highest BCUT2D eigenvalue weighted by atomic mass is 32.2. The fourth-order valence-corrected chi connectivity index (χ4v) is 3.43. The van der Waals surface area contributed by atoms with Crippen molar-refractivity contribution in [3.8, 4) is 0 Å². The summed E-state index contributed by atoms with van der Waals surface area (Å²) < 4.78 is 25.3. The first kappa shape index (κ1) is 13.6. The monoisotopic (exact) mass is 293 g/mol. The van der Waals surface area contributed by atoms with E-state index in [-0.39, 0.29) is 0 Å². The molecular weight excluding hydrogens is 274 g/mol. The molecule has 108 valence electrons. The molecule has 0 radical (unpaired) electrons. The van der Waals surface area contributed by atoms with E-state index in [0.29, 0.717) is 10.8 Å². The summed E-state index contributed by atoms with van der Waals surface area (Å²) in [6.07, 6.45) is 3.34. The maximum atomic E-state index is 11.6. The fraction of sp³-hybridized carbons (Fsp3) is 0.500. The summed E-state index contributed by atoms with van der Waals surface area (Å²) in [7, 11) is -1.19. The van der Waals surface area contributed by atoms with Gasteiger partial charge in [0, 0.05) is 19.7 Å². The Morgan fingerprint density at radius 2 is 2.25 bits per heavy atom. The van der Waals surface area contributed by atoms with Crippen LogP contribution in [0.2, 0.25) is 0 Å². The number of nitrogens with zero attached hydrogens (tertiary/aromatic N) is 2. The molecule has 20 heavy (non-hydrogen) atoms. The topological polar surface area (TPSA) is 64.0 Å². The lowest BCUT2D eigenvalue weighted by molar-refractivity contribution is 0.552. The van der Waals surface area contributed by atoms with E-state index in [9.17, 15) is 8.42 Å². The van der Waals surface area contributed by atoms with Crippen LogP contribution < -0.4 is 5.32 Å². The Hall–Kier alpha value is -1.40. The van der Waals surface area contributed by atoms with Crippen molar-refractivity contribution in [2.75, 3.05) is 19.3 Å². The van der Waals surface area contributed by atoms with Crippen molar-refractivity contribution >= 4 is 20.9 Å². The molecule has 1 saturated heterocycles. The Morgan fingerprint density at radius 3 is 2.90 bits per heavy atom. The molecule has 0 aliphatic carbocycles. The van der Waals surface area contributed by atoms with Gasteiger partial charge in [0.2, 0.25) is 0 Å². The minimum absolute atomic E-state index is 0.331. The molecule has 0 saturated carbocycles. The lowest BCUT2D eigenvalue weighted by Crippen LogP contribution is -2.12. The summed E-state index contributed by atoms with van der Waals surface area (Å²) in [6.45, 7) is 2.12. The van der Waals surface area contributed by atoms with Crippen molar-refractivity contribution in [2.45, 2.75) is 17.7 Å². The zero-order valence-corrected chi connectivity index (χ0v) is 12.6. The summed E-state index contributed by atoms with van der Waals surface area (Å²) in [5, 5.41) is 3.36. The molecule has 1 fully saturated rings. The molecule has 0 amide bonds. The Kier molecular flexibility index (Phi) is 3.30. The van der Waals surface area contributed by atoms with Crippen LogP contribution in [0.4, 0.5) is 0 Å². The van der Waals surface area contributed by atoms with E-state index in [1.165, 1.54) is 12.7 Å². The van der Waals surface area contributed by atoms with E-state index in [0.717, 1.165) is 36.4 Å². The SMILES string of the molecule is Cn1c(CC2CCNC2)nc2cc(S(C)(=O)=O)ccc21. The van der Waals surface area contributed by atoms with Gasteiger partial charge in [-0.25, -0.2) is 13.4 Å². The third kappa shape index (κ3) is 2.45. The van der Waals surface area contributed by atoms with Crippen LogP contribution in [-0.2, 0) is 23.3 Å². The molecule has 1 aromatic carbocycles. The molecule has 2 aromatic rings. The molecule has 0 bridgehead atoms. The highest BCUT2D eigenvalue weighted by molar-refractivity contribution is 7.90. The van der Waals surface area contributed by atoms with E-state index in [4.69, 9.17) is 0 Å². The zero-order valence-electron chi connectivity index (χ0n) is 11.8. The molecule has 0 spiro atoms. The maximum absolute atomic E-state index is 11.6. The molecule has 1 unspecified atom stereocenters. The van der Waals surface area contributed by atoms with Gasteiger partial charge in [0.15, 0.2) is 9.84 Å². The summed E-state index contributed by atoms with van der Waals surface area (Å²) in [5.74, 6) is 1.65. The van der Waals surface area contributed by atoms with Crippen LogP contribution in [0.1, 0.15) is 12.2 Å². The quantitative estimate of drug-likeness (QED) is 0.921. The number of fused-ring (bicyclic) bond motifs is 1. The molecule has 1 aliphatic rings. The second-order valence-corrected chi connectivity index (χ2v) is 7.59. The number of rotatable bonds is 3. The van der Waals surface area contributed by atoms with Crippen LogP contribution in [0.15, 0.2) is 23.1 Å². The molecule has 1 atom stereocenters. The van der Waals surface area contributed by atoms with Gasteiger partial charge in [-0.1, -0.05) is 0 Å². The molecule has 3 rings (SSSR count). The Bertz CT molecular complexity index is 743. The van der Waals surface area contributed by atoms with Gasteiger partial charge in [0.1, 0.15) is 5.82 Å². The van der Waals surface area contributed by atoms with Gasteiger partial charge in [0.05, 0.1) is 15.9 Å². The number of hydrogen-bond donors (Lipinski definition) is 1. The smallest absolute Gasteiger partial charge is 0.175 e. The van der Waals surface area contributed by atoms with E-state index < -0.39 is 9.84 Å². The Morgan fingerprint density at radius 1 is 1.45 bits per heavy atom. The minimum Gasteiger partial charge on any atom is -0.331 e. The first-order chi connectivity index (χ1) is 9.45. The summed E-state index contributed by atoms with van der Waals surface area (Å²) in [6, 6.07) is 5.16. The first-order valence-corrected chi connectivity index (χ1v) is 8.70. The van der Waals surface area contributed by atoms with E-state index in [1.807, 2.05) is 13.1 Å². The standard InChI is InChI=1S/C14H19N3O2S/c1-17-13-4-3-11(20(2,18)19)8-12(13)16-14(17)7-10-5-6-15-9-10/h3-4,8,10,15H,5-7,9H2,1-2H3.